The zero-order valence-corrected chi connectivity index (χ0v) is 11.2. The fourth-order valence-corrected chi connectivity index (χ4v) is 2.57. The van der Waals surface area contributed by atoms with Crippen LogP contribution in [0.4, 0.5) is 0 Å². The van der Waals surface area contributed by atoms with E-state index < -0.39 is 11.1 Å². The van der Waals surface area contributed by atoms with E-state index >= 15 is 0 Å². The number of carbonyl (C=O) groups is 1. The van der Waals surface area contributed by atoms with Crippen LogP contribution in [-0.2, 0) is 9.53 Å². The molecule has 2 aliphatic heterocycles. The Bertz CT molecular complexity index is 361. The lowest BCUT2D eigenvalue weighted by Gasteiger charge is -2.37. The van der Waals surface area contributed by atoms with Gasteiger partial charge < -0.3 is 15.0 Å². The van der Waals surface area contributed by atoms with Crippen molar-refractivity contribution in [3.63, 3.8) is 0 Å². The lowest BCUT2D eigenvalue weighted by molar-refractivity contribution is -0.141. The van der Waals surface area contributed by atoms with E-state index in [1.54, 1.807) is 0 Å². The molecule has 1 atom stereocenters. The van der Waals surface area contributed by atoms with Gasteiger partial charge in [0.25, 0.3) is 5.91 Å². The van der Waals surface area contributed by atoms with Crippen molar-refractivity contribution in [2.45, 2.75) is 43.7 Å². The van der Waals surface area contributed by atoms with Gasteiger partial charge in [0.15, 0.2) is 0 Å². The first kappa shape index (κ1) is 13.3. The van der Waals surface area contributed by atoms with Crippen molar-refractivity contribution in [2.24, 2.45) is 0 Å². The quantitative estimate of drug-likeness (QED) is 0.783. The number of hydrogen-bond acceptors (Lipinski definition) is 4. The monoisotopic (exact) mass is 251 g/mol. The third kappa shape index (κ3) is 2.50. The largest absolute Gasteiger partial charge is 0.365 e. The highest BCUT2D eigenvalue weighted by Crippen LogP contribution is 2.28. The molecule has 2 fully saturated rings. The highest BCUT2D eigenvalue weighted by atomic mass is 16.5. The molecule has 0 bridgehead atoms. The first-order chi connectivity index (χ1) is 8.50. The van der Waals surface area contributed by atoms with Crippen LogP contribution < -0.4 is 5.32 Å². The number of likely N-dealkylation sites (tertiary alicyclic amines) is 1. The standard InChI is InChI=1S/C13H21N3O2/c1-12(4-3-9-18-12)11(17)15-13(10-14)5-7-16(2)8-6-13/h3-9H2,1-2H3,(H,15,17). The number of rotatable bonds is 2. The van der Waals surface area contributed by atoms with Gasteiger partial charge in [0.1, 0.15) is 11.1 Å². The number of hydrogen-bond donors (Lipinski definition) is 1. The summed E-state index contributed by atoms with van der Waals surface area (Å²) in [6, 6.07) is 2.30. The molecule has 2 rings (SSSR count). The molecule has 2 saturated heterocycles. The molecule has 5 nitrogen and oxygen atoms in total. The maximum atomic E-state index is 12.3. The van der Waals surface area contributed by atoms with Crippen LogP contribution in [0.5, 0.6) is 0 Å². The van der Waals surface area contributed by atoms with Crippen molar-refractivity contribution in [1.29, 1.82) is 5.26 Å². The molecule has 1 N–H and O–H groups in total. The number of nitriles is 1. The molecule has 0 saturated carbocycles. The van der Waals surface area contributed by atoms with Crippen molar-refractivity contribution < 1.29 is 9.53 Å². The SMILES string of the molecule is CN1CCC(C#N)(NC(=O)C2(C)CCCO2)CC1. The van der Waals surface area contributed by atoms with Crippen molar-refractivity contribution in [1.82, 2.24) is 10.2 Å². The molecule has 1 amide bonds. The summed E-state index contributed by atoms with van der Waals surface area (Å²) in [6.07, 6.45) is 3.01. The molecule has 5 heteroatoms. The fraction of sp³-hybridized carbons (Fsp3) is 0.846. The minimum absolute atomic E-state index is 0.133. The average Bonchev–Trinajstić information content (AvgIpc) is 2.81. The number of nitrogens with zero attached hydrogens (tertiary/aromatic N) is 2. The Balaban J connectivity index is 2.02. The van der Waals surface area contributed by atoms with E-state index in [1.807, 2.05) is 14.0 Å². The fourth-order valence-electron chi connectivity index (χ4n) is 2.57. The highest BCUT2D eigenvalue weighted by Gasteiger charge is 2.43. The summed E-state index contributed by atoms with van der Waals surface area (Å²) in [5, 5.41) is 12.3. The molecule has 0 aromatic rings. The van der Waals surface area contributed by atoms with E-state index in [9.17, 15) is 10.1 Å². The third-order valence-electron chi connectivity index (χ3n) is 4.11. The van der Waals surface area contributed by atoms with Gasteiger partial charge in [0, 0.05) is 19.7 Å². The summed E-state index contributed by atoms with van der Waals surface area (Å²) in [4.78, 5) is 14.5. The van der Waals surface area contributed by atoms with Crippen molar-refractivity contribution in [3.05, 3.63) is 0 Å². The lowest BCUT2D eigenvalue weighted by atomic mass is 9.87. The lowest BCUT2D eigenvalue weighted by Crippen LogP contribution is -2.58. The van der Waals surface area contributed by atoms with Gasteiger partial charge >= 0.3 is 0 Å². The van der Waals surface area contributed by atoms with Gasteiger partial charge in [-0.05, 0) is 39.7 Å². The van der Waals surface area contributed by atoms with Gasteiger partial charge in [-0.3, -0.25) is 4.79 Å². The number of piperidine rings is 1. The number of ether oxygens (including phenoxy) is 1. The normalized spacial score (nSPS) is 31.8. The van der Waals surface area contributed by atoms with Crippen molar-refractivity contribution >= 4 is 5.91 Å². The smallest absolute Gasteiger partial charge is 0.253 e. The molecule has 0 radical (unpaired) electrons. The van der Waals surface area contributed by atoms with E-state index in [0.717, 1.165) is 25.9 Å². The van der Waals surface area contributed by atoms with E-state index in [4.69, 9.17) is 4.74 Å². The van der Waals surface area contributed by atoms with Crippen LogP contribution in [0, 0.1) is 11.3 Å². The summed E-state index contributed by atoms with van der Waals surface area (Å²) in [7, 11) is 2.03. The van der Waals surface area contributed by atoms with Crippen LogP contribution in [0.3, 0.4) is 0 Å². The van der Waals surface area contributed by atoms with Crippen molar-refractivity contribution in [3.8, 4) is 6.07 Å². The van der Waals surface area contributed by atoms with Crippen LogP contribution in [0.1, 0.15) is 32.6 Å². The minimum Gasteiger partial charge on any atom is -0.365 e. The molecule has 2 heterocycles. The van der Waals surface area contributed by atoms with E-state index in [0.29, 0.717) is 19.4 Å². The number of carbonyl (C=O) groups excluding carboxylic acids is 1. The molecule has 0 spiro atoms. The summed E-state index contributed by atoms with van der Waals surface area (Å²) in [6.45, 7) is 4.12. The number of amides is 1. The minimum atomic E-state index is -0.743. The van der Waals surface area contributed by atoms with E-state index in [2.05, 4.69) is 16.3 Å². The third-order valence-corrected chi connectivity index (χ3v) is 4.11. The second-order valence-electron chi connectivity index (χ2n) is 5.63. The average molecular weight is 251 g/mol. The highest BCUT2D eigenvalue weighted by molar-refractivity contribution is 5.86. The Hall–Kier alpha value is -1.12. The summed E-state index contributed by atoms with van der Waals surface area (Å²) >= 11 is 0. The predicted octanol–water partition coefficient (Wildman–Crippen LogP) is 0.660. The Kier molecular flexibility index (Phi) is 3.60. The van der Waals surface area contributed by atoms with E-state index in [1.165, 1.54) is 0 Å². The zero-order chi connectivity index (χ0) is 13.2. The van der Waals surface area contributed by atoms with Gasteiger partial charge in [-0.2, -0.15) is 5.26 Å². The molecule has 18 heavy (non-hydrogen) atoms. The molecular formula is C13H21N3O2. The second kappa shape index (κ2) is 4.87. The topological polar surface area (TPSA) is 65.4 Å². The maximum Gasteiger partial charge on any atom is 0.253 e. The van der Waals surface area contributed by atoms with Crippen LogP contribution >= 0.6 is 0 Å². The molecule has 1 unspecified atom stereocenters. The first-order valence-electron chi connectivity index (χ1n) is 6.56. The summed E-state index contributed by atoms with van der Waals surface area (Å²) in [5.74, 6) is -0.133. The van der Waals surface area contributed by atoms with Crippen LogP contribution in [0.2, 0.25) is 0 Å². The van der Waals surface area contributed by atoms with Gasteiger partial charge in [-0.25, -0.2) is 0 Å². The van der Waals surface area contributed by atoms with Gasteiger partial charge in [0.2, 0.25) is 0 Å². The van der Waals surface area contributed by atoms with Gasteiger partial charge in [-0.1, -0.05) is 0 Å². The zero-order valence-electron chi connectivity index (χ0n) is 11.2. The predicted molar refractivity (Wildman–Crippen MR) is 66.8 cm³/mol. The van der Waals surface area contributed by atoms with Crippen LogP contribution in [-0.4, -0.2) is 48.7 Å². The van der Waals surface area contributed by atoms with Gasteiger partial charge in [-0.15, -0.1) is 0 Å². The Morgan fingerprint density at radius 1 is 1.39 bits per heavy atom. The molecule has 2 aliphatic rings. The molecular weight excluding hydrogens is 230 g/mol. The summed E-state index contributed by atoms with van der Waals surface area (Å²) < 4.78 is 5.52. The molecule has 0 aromatic carbocycles. The van der Waals surface area contributed by atoms with Crippen LogP contribution in [0.15, 0.2) is 0 Å². The first-order valence-corrected chi connectivity index (χ1v) is 6.56. The van der Waals surface area contributed by atoms with Gasteiger partial charge in [0.05, 0.1) is 6.07 Å². The molecule has 0 aliphatic carbocycles. The Labute approximate surface area is 108 Å². The van der Waals surface area contributed by atoms with E-state index in [-0.39, 0.29) is 5.91 Å². The van der Waals surface area contributed by atoms with Crippen molar-refractivity contribution in [2.75, 3.05) is 26.7 Å². The second-order valence-corrected chi connectivity index (χ2v) is 5.63. The Morgan fingerprint density at radius 3 is 2.56 bits per heavy atom. The number of nitrogens with one attached hydrogen (secondary N) is 1. The molecule has 100 valence electrons. The van der Waals surface area contributed by atoms with Crippen LogP contribution in [0.25, 0.3) is 0 Å². The molecule has 0 aromatic heterocycles. The maximum absolute atomic E-state index is 12.3. The Morgan fingerprint density at radius 2 is 2.06 bits per heavy atom. The summed E-state index contributed by atoms with van der Waals surface area (Å²) in [5.41, 5.74) is -1.45.